The summed E-state index contributed by atoms with van der Waals surface area (Å²) in [7, 11) is 1.61. The molecule has 1 fully saturated rings. The van der Waals surface area contributed by atoms with Crippen LogP contribution in [0.4, 0.5) is 5.95 Å². The van der Waals surface area contributed by atoms with Gasteiger partial charge in [0.05, 0.1) is 18.8 Å². The van der Waals surface area contributed by atoms with E-state index in [9.17, 15) is 4.79 Å². The number of nitrogens with one attached hydrogen (secondary N) is 1. The smallest absolute Gasteiger partial charge is 0.338 e. The van der Waals surface area contributed by atoms with Crippen LogP contribution in [0.5, 0.6) is 5.75 Å². The Balaban J connectivity index is 1.67. The minimum Gasteiger partial charge on any atom is -0.497 e. The van der Waals surface area contributed by atoms with Crippen molar-refractivity contribution in [3.63, 3.8) is 0 Å². The van der Waals surface area contributed by atoms with Crippen molar-refractivity contribution in [3.05, 3.63) is 47.4 Å². The number of esters is 1. The molecule has 0 bridgehead atoms. The van der Waals surface area contributed by atoms with Gasteiger partial charge in [-0.3, -0.25) is 0 Å². The number of methoxy groups -OCH3 is 1. The topological polar surface area (TPSA) is 87.5 Å². The molecule has 0 amide bonds. The Hall–Kier alpha value is -2.87. The van der Waals surface area contributed by atoms with Crippen LogP contribution >= 0.6 is 0 Å². The van der Waals surface area contributed by atoms with E-state index in [2.05, 4.69) is 15.4 Å². The Bertz CT molecular complexity index is 870. The van der Waals surface area contributed by atoms with E-state index >= 15 is 0 Å². The first-order chi connectivity index (χ1) is 13.2. The molecule has 27 heavy (non-hydrogen) atoms. The molecular formula is C19H22N4O4. The molecular weight excluding hydrogens is 348 g/mol. The minimum absolute atomic E-state index is 0.0244. The maximum Gasteiger partial charge on any atom is 0.338 e. The highest BCUT2D eigenvalue weighted by atomic mass is 16.6. The molecule has 4 rings (SSSR count). The number of nitrogens with zero attached hydrogens (tertiary/aromatic N) is 3. The average molecular weight is 370 g/mol. The van der Waals surface area contributed by atoms with Gasteiger partial charge in [0.15, 0.2) is 0 Å². The highest BCUT2D eigenvalue weighted by Crippen LogP contribution is 2.36. The van der Waals surface area contributed by atoms with Crippen molar-refractivity contribution >= 4 is 11.9 Å². The Labute approximate surface area is 157 Å². The van der Waals surface area contributed by atoms with Crippen LogP contribution < -0.4 is 10.1 Å². The lowest BCUT2D eigenvalue weighted by atomic mass is 9.95. The fraction of sp³-hybridized carbons (Fsp3) is 0.421. The number of hydrogen-bond acceptors (Lipinski definition) is 7. The van der Waals surface area contributed by atoms with E-state index in [1.54, 1.807) is 11.8 Å². The van der Waals surface area contributed by atoms with E-state index in [1.165, 1.54) is 6.33 Å². The summed E-state index contributed by atoms with van der Waals surface area (Å²) in [6.07, 6.45) is 3.35. The SMILES string of the molecule is COc1cccc([C@@H]2C(C(=O)OC[C@H]3CCCO3)=C(C)Nc3ncnn32)c1. The van der Waals surface area contributed by atoms with E-state index < -0.39 is 6.04 Å². The summed E-state index contributed by atoms with van der Waals surface area (Å²) in [6.45, 7) is 2.82. The highest BCUT2D eigenvalue weighted by molar-refractivity contribution is 5.92. The van der Waals surface area contributed by atoms with Gasteiger partial charge in [-0.25, -0.2) is 9.48 Å². The predicted molar refractivity (Wildman–Crippen MR) is 97.4 cm³/mol. The standard InChI is InChI=1S/C19H22N4O4/c1-12-16(18(24)27-10-15-7-4-8-26-15)17(23-19(22-12)20-11-21-23)13-5-3-6-14(9-13)25-2/h3,5-6,9,11,15,17H,4,7-8,10H2,1-2H3,(H,20,21,22)/t15-,17-/m1/s1. The first kappa shape index (κ1) is 17.5. The van der Waals surface area contributed by atoms with Crippen LogP contribution in [0.25, 0.3) is 0 Å². The normalized spacial score (nSPS) is 21.6. The maximum absolute atomic E-state index is 13.0. The quantitative estimate of drug-likeness (QED) is 0.808. The van der Waals surface area contributed by atoms with Crippen LogP contribution in [0.3, 0.4) is 0 Å². The number of allylic oxidation sites excluding steroid dienone is 1. The Kier molecular flexibility index (Phi) is 4.81. The lowest BCUT2D eigenvalue weighted by Crippen LogP contribution is -2.30. The molecule has 0 aliphatic carbocycles. The van der Waals surface area contributed by atoms with Crippen LogP contribution in [-0.4, -0.2) is 47.2 Å². The largest absolute Gasteiger partial charge is 0.497 e. The van der Waals surface area contributed by atoms with E-state index in [0.29, 0.717) is 23.0 Å². The van der Waals surface area contributed by atoms with Crippen molar-refractivity contribution in [2.24, 2.45) is 0 Å². The van der Waals surface area contributed by atoms with E-state index in [-0.39, 0.29) is 18.7 Å². The number of carbonyl (C=O) groups is 1. The third-order valence-electron chi connectivity index (χ3n) is 4.85. The third kappa shape index (κ3) is 3.40. The Morgan fingerprint density at radius 3 is 3.11 bits per heavy atom. The molecule has 2 aliphatic heterocycles. The number of ether oxygens (including phenoxy) is 3. The zero-order valence-electron chi connectivity index (χ0n) is 15.3. The zero-order valence-corrected chi connectivity index (χ0v) is 15.3. The molecule has 2 aromatic rings. The number of aromatic nitrogens is 3. The van der Waals surface area contributed by atoms with Gasteiger partial charge in [0.2, 0.25) is 5.95 Å². The van der Waals surface area contributed by atoms with Crippen molar-refractivity contribution in [1.29, 1.82) is 0 Å². The molecule has 0 spiro atoms. The summed E-state index contributed by atoms with van der Waals surface area (Å²) in [5, 5.41) is 7.44. The van der Waals surface area contributed by atoms with Gasteiger partial charge < -0.3 is 19.5 Å². The second-order valence-corrected chi connectivity index (χ2v) is 6.60. The van der Waals surface area contributed by atoms with Crippen molar-refractivity contribution in [3.8, 4) is 5.75 Å². The van der Waals surface area contributed by atoms with Crippen LogP contribution in [0.15, 0.2) is 41.9 Å². The van der Waals surface area contributed by atoms with Gasteiger partial charge in [0.25, 0.3) is 0 Å². The summed E-state index contributed by atoms with van der Waals surface area (Å²) in [6, 6.07) is 7.12. The number of carbonyl (C=O) groups excluding carboxylic acids is 1. The Morgan fingerprint density at radius 1 is 1.44 bits per heavy atom. The Morgan fingerprint density at radius 2 is 2.33 bits per heavy atom. The van der Waals surface area contributed by atoms with Gasteiger partial charge in [-0.05, 0) is 37.5 Å². The van der Waals surface area contributed by atoms with Crippen molar-refractivity contribution in [1.82, 2.24) is 14.8 Å². The molecule has 0 unspecified atom stereocenters. The molecule has 1 N–H and O–H groups in total. The lowest BCUT2D eigenvalue weighted by Gasteiger charge is -2.28. The van der Waals surface area contributed by atoms with Gasteiger partial charge in [-0.2, -0.15) is 10.1 Å². The number of anilines is 1. The van der Waals surface area contributed by atoms with Crippen LogP contribution in [0.1, 0.15) is 31.4 Å². The first-order valence-corrected chi connectivity index (χ1v) is 8.97. The summed E-state index contributed by atoms with van der Waals surface area (Å²) >= 11 is 0. The highest BCUT2D eigenvalue weighted by Gasteiger charge is 2.35. The number of fused-ring (bicyclic) bond motifs is 1. The number of rotatable bonds is 5. The van der Waals surface area contributed by atoms with Crippen molar-refractivity contribution < 1.29 is 19.0 Å². The predicted octanol–water partition coefficient (Wildman–Crippen LogP) is 2.30. The molecule has 0 radical (unpaired) electrons. The summed E-state index contributed by atoms with van der Waals surface area (Å²) in [4.78, 5) is 17.2. The van der Waals surface area contributed by atoms with E-state index in [4.69, 9.17) is 14.2 Å². The number of hydrogen-bond donors (Lipinski definition) is 1. The summed E-state index contributed by atoms with van der Waals surface area (Å²) in [5.74, 6) is 0.901. The van der Waals surface area contributed by atoms with Gasteiger partial charge in [0.1, 0.15) is 24.7 Å². The van der Waals surface area contributed by atoms with Crippen LogP contribution in [-0.2, 0) is 14.3 Å². The van der Waals surface area contributed by atoms with Crippen LogP contribution in [0, 0.1) is 0 Å². The third-order valence-corrected chi connectivity index (χ3v) is 4.85. The minimum atomic E-state index is -0.448. The maximum atomic E-state index is 13.0. The fourth-order valence-corrected chi connectivity index (χ4v) is 3.50. The van der Waals surface area contributed by atoms with Gasteiger partial charge >= 0.3 is 5.97 Å². The molecule has 2 atom stereocenters. The van der Waals surface area contributed by atoms with Crippen molar-refractivity contribution in [2.75, 3.05) is 25.6 Å². The van der Waals surface area contributed by atoms with Gasteiger partial charge in [0, 0.05) is 12.3 Å². The zero-order chi connectivity index (χ0) is 18.8. The summed E-state index contributed by atoms with van der Waals surface area (Å²) < 4.78 is 18.2. The second kappa shape index (κ2) is 7.40. The summed E-state index contributed by atoms with van der Waals surface area (Å²) in [5.41, 5.74) is 2.06. The van der Waals surface area contributed by atoms with Gasteiger partial charge in [-0.1, -0.05) is 12.1 Å². The van der Waals surface area contributed by atoms with E-state index in [0.717, 1.165) is 25.0 Å². The monoisotopic (exact) mass is 370 g/mol. The van der Waals surface area contributed by atoms with E-state index in [1.807, 2.05) is 31.2 Å². The average Bonchev–Trinajstić information content (AvgIpc) is 3.36. The molecule has 0 saturated carbocycles. The lowest BCUT2D eigenvalue weighted by molar-refractivity contribution is -0.142. The molecule has 1 saturated heterocycles. The molecule has 1 aromatic heterocycles. The first-order valence-electron chi connectivity index (χ1n) is 8.97. The second-order valence-electron chi connectivity index (χ2n) is 6.60. The molecule has 3 heterocycles. The fourth-order valence-electron chi connectivity index (χ4n) is 3.50. The number of benzene rings is 1. The molecule has 1 aromatic carbocycles. The van der Waals surface area contributed by atoms with Crippen LogP contribution in [0.2, 0.25) is 0 Å². The molecule has 8 heteroatoms. The molecule has 142 valence electrons. The molecule has 8 nitrogen and oxygen atoms in total. The van der Waals surface area contributed by atoms with Gasteiger partial charge in [-0.15, -0.1) is 0 Å². The van der Waals surface area contributed by atoms with Crippen molar-refractivity contribution in [2.45, 2.75) is 31.9 Å². The molecule has 2 aliphatic rings.